The molecule has 0 saturated heterocycles. The third-order valence-electron chi connectivity index (χ3n) is 2.66. The summed E-state index contributed by atoms with van der Waals surface area (Å²) in [7, 11) is 0. The third-order valence-corrected chi connectivity index (χ3v) is 2.66. The van der Waals surface area contributed by atoms with E-state index < -0.39 is 18.0 Å². The summed E-state index contributed by atoms with van der Waals surface area (Å²) in [4.78, 5) is 33.3. The van der Waals surface area contributed by atoms with Gasteiger partial charge in [-0.15, -0.1) is 0 Å². The number of aliphatic carboxylic acids is 1. The second-order valence-corrected chi connectivity index (χ2v) is 4.76. The van der Waals surface area contributed by atoms with Crippen molar-refractivity contribution >= 4 is 18.0 Å². The molecule has 0 aliphatic rings. The standard InChI is InChI=1S/C13H24N2O5/c1-4-20-12(18)6-5-7-14-13(19)15-10(9(2)3)8-11(16)17/h9-10H,4-8H2,1-3H3,(H,16,17)(H2,14,15,19). The maximum Gasteiger partial charge on any atom is 0.315 e. The Bertz CT molecular complexity index is 331. The fourth-order valence-corrected chi connectivity index (χ4v) is 1.53. The Morgan fingerprint density at radius 3 is 2.40 bits per heavy atom. The number of esters is 1. The van der Waals surface area contributed by atoms with Gasteiger partial charge in [-0.3, -0.25) is 9.59 Å². The smallest absolute Gasteiger partial charge is 0.315 e. The summed E-state index contributed by atoms with van der Waals surface area (Å²) in [5.74, 6) is -1.22. The largest absolute Gasteiger partial charge is 0.481 e. The average molecular weight is 288 g/mol. The van der Waals surface area contributed by atoms with Crippen molar-refractivity contribution in [3.63, 3.8) is 0 Å². The quantitative estimate of drug-likeness (QED) is 0.436. The van der Waals surface area contributed by atoms with Gasteiger partial charge in [-0.2, -0.15) is 0 Å². The van der Waals surface area contributed by atoms with E-state index in [-0.39, 0.29) is 24.7 Å². The van der Waals surface area contributed by atoms with Crippen LogP contribution in [-0.2, 0) is 14.3 Å². The fraction of sp³-hybridized carbons (Fsp3) is 0.769. The highest BCUT2D eigenvalue weighted by Gasteiger charge is 2.19. The molecule has 7 heteroatoms. The first-order valence-electron chi connectivity index (χ1n) is 6.78. The van der Waals surface area contributed by atoms with Gasteiger partial charge in [0.05, 0.1) is 13.0 Å². The number of carbonyl (C=O) groups is 3. The minimum absolute atomic E-state index is 0.0244. The molecule has 0 bridgehead atoms. The molecule has 0 aromatic heterocycles. The van der Waals surface area contributed by atoms with Gasteiger partial charge in [0.25, 0.3) is 0 Å². The van der Waals surface area contributed by atoms with Crippen molar-refractivity contribution in [2.24, 2.45) is 5.92 Å². The first-order chi connectivity index (χ1) is 9.36. The summed E-state index contributed by atoms with van der Waals surface area (Å²) in [6.45, 7) is 6.10. The van der Waals surface area contributed by atoms with Crippen LogP contribution in [0.5, 0.6) is 0 Å². The van der Waals surface area contributed by atoms with Crippen molar-refractivity contribution in [2.45, 2.75) is 46.1 Å². The lowest BCUT2D eigenvalue weighted by atomic mass is 10.0. The molecule has 0 saturated carbocycles. The molecule has 0 aromatic rings. The third kappa shape index (κ3) is 9.18. The van der Waals surface area contributed by atoms with Gasteiger partial charge in [0.2, 0.25) is 0 Å². The highest BCUT2D eigenvalue weighted by Crippen LogP contribution is 2.05. The average Bonchev–Trinajstić information content (AvgIpc) is 2.33. The molecule has 116 valence electrons. The van der Waals surface area contributed by atoms with Gasteiger partial charge in [0.1, 0.15) is 0 Å². The lowest BCUT2D eigenvalue weighted by molar-refractivity contribution is -0.143. The highest BCUT2D eigenvalue weighted by molar-refractivity contribution is 5.75. The number of carboxylic acid groups (broad SMARTS) is 1. The normalized spacial score (nSPS) is 11.8. The minimum atomic E-state index is -0.952. The van der Waals surface area contributed by atoms with Crippen LogP contribution in [0.3, 0.4) is 0 Å². The van der Waals surface area contributed by atoms with Crippen molar-refractivity contribution in [1.82, 2.24) is 10.6 Å². The predicted molar refractivity (Wildman–Crippen MR) is 73.3 cm³/mol. The molecular formula is C13H24N2O5. The van der Waals surface area contributed by atoms with Gasteiger partial charge >= 0.3 is 18.0 Å². The molecule has 7 nitrogen and oxygen atoms in total. The Labute approximate surface area is 119 Å². The number of nitrogens with one attached hydrogen (secondary N) is 2. The van der Waals surface area contributed by atoms with Crippen LogP contribution < -0.4 is 10.6 Å². The summed E-state index contributed by atoms with van der Waals surface area (Å²) in [5, 5.41) is 14.0. The van der Waals surface area contributed by atoms with Crippen molar-refractivity contribution in [2.75, 3.05) is 13.2 Å². The molecule has 0 aromatic carbocycles. The molecular weight excluding hydrogens is 264 g/mol. The lowest BCUT2D eigenvalue weighted by Crippen LogP contribution is -2.45. The van der Waals surface area contributed by atoms with Crippen molar-refractivity contribution in [3.8, 4) is 0 Å². The first-order valence-corrected chi connectivity index (χ1v) is 6.78. The van der Waals surface area contributed by atoms with E-state index in [0.717, 1.165) is 0 Å². The van der Waals surface area contributed by atoms with Crippen molar-refractivity contribution < 1.29 is 24.2 Å². The second-order valence-electron chi connectivity index (χ2n) is 4.76. The Balaban J connectivity index is 3.91. The van der Waals surface area contributed by atoms with Gasteiger partial charge in [-0.25, -0.2) is 4.79 Å². The van der Waals surface area contributed by atoms with E-state index in [2.05, 4.69) is 10.6 Å². The molecule has 0 aliphatic carbocycles. The Hall–Kier alpha value is -1.79. The molecule has 0 fully saturated rings. The van der Waals surface area contributed by atoms with Crippen LogP contribution in [0.25, 0.3) is 0 Å². The number of urea groups is 1. The molecule has 1 atom stereocenters. The van der Waals surface area contributed by atoms with E-state index in [1.165, 1.54) is 0 Å². The minimum Gasteiger partial charge on any atom is -0.481 e. The highest BCUT2D eigenvalue weighted by atomic mass is 16.5. The monoisotopic (exact) mass is 288 g/mol. The van der Waals surface area contributed by atoms with Crippen LogP contribution in [0.15, 0.2) is 0 Å². The van der Waals surface area contributed by atoms with Gasteiger partial charge in [0.15, 0.2) is 0 Å². The van der Waals surface area contributed by atoms with Crippen molar-refractivity contribution in [1.29, 1.82) is 0 Å². The number of ether oxygens (including phenoxy) is 1. The van der Waals surface area contributed by atoms with E-state index in [1.807, 2.05) is 13.8 Å². The first kappa shape index (κ1) is 18.2. The summed E-state index contributed by atoms with van der Waals surface area (Å²) in [6, 6.07) is -0.841. The Morgan fingerprint density at radius 1 is 1.25 bits per heavy atom. The Kier molecular flexibility index (Phi) is 9.15. The lowest BCUT2D eigenvalue weighted by Gasteiger charge is -2.20. The maximum atomic E-state index is 11.6. The second kappa shape index (κ2) is 10.1. The van der Waals surface area contributed by atoms with Gasteiger partial charge in [-0.1, -0.05) is 13.8 Å². The van der Waals surface area contributed by atoms with E-state index in [1.54, 1.807) is 6.92 Å². The number of amides is 2. The molecule has 3 N–H and O–H groups in total. The molecule has 0 aliphatic heterocycles. The van der Waals surface area contributed by atoms with E-state index in [0.29, 0.717) is 19.6 Å². The zero-order valence-corrected chi connectivity index (χ0v) is 12.3. The number of hydrogen-bond donors (Lipinski definition) is 3. The number of hydrogen-bond acceptors (Lipinski definition) is 4. The molecule has 0 heterocycles. The van der Waals surface area contributed by atoms with Crippen LogP contribution in [0.1, 0.15) is 40.0 Å². The molecule has 2 amide bonds. The molecule has 0 spiro atoms. The molecule has 0 rings (SSSR count). The topological polar surface area (TPSA) is 105 Å². The maximum absolute atomic E-state index is 11.6. The van der Waals surface area contributed by atoms with Crippen molar-refractivity contribution in [3.05, 3.63) is 0 Å². The van der Waals surface area contributed by atoms with Crippen LogP contribution in [0, 0.1) is 5.92 Å². The Morgan fingerprint density at radius 2 is 1.90 bits per heavy atom. The van der Waals surface area contributed by atoms with E-state index >= 15 is 0 Å². The number of carbonyl (C=O) groups excluding carboxylic acids is 2. The SMILES string of the molecule is CCOC(=O)CCCNC(=O)NC(CC(=O)O)C(C)C. The van der Waals surface area contributed by atoms with Gasteiger partial charge < -0.3 is 20.5 Å². The molecule has 0 radical (unpaired) electrons. The van der Waals surface area contributed by atoms with Gasteiger partial charge in [-0.05, 0) is 19.3 Å². The van der Waals surface area contributed by atoms with Gasteiger partial charge in [0, 0.05) is 19.0 Å². The summed E-state index contributed by atoms with van der Waals surface area (Å²) >= 11 is 0. The van der Waals surface area contributed by atoms with E-state index in [9.17, 15) is 14.4 Å². The van der Waals surface area contributed by atoms with Crippen LogP contribution >= 0.6 is 0 Å². The zero-order valence-electron chi connectivity index (χ0n) is 12.3. The molecule has 20 heavy (non-hydrogen) atoms. The fourth-order valence-electron chi connectivity index (χ4n) is 1.53. The summed E-state index contributed by atoms with van der Waals surface area (Å²) in [5.41, 5.74) is 0. The summed E-state index contributed by atoms with van der Waals surface area (Å²) < 4.78 is 4.76. The molecule has 1 unspecified atom stereocenters. The predicted octanol–water partition coefficient (Wildman–Crippen LogP) is 1.13. The number of rotatable bonds is 9. The summed E-state index contributed by atoms with van der Waals surface area (Å²) in [6.07, 6.45) is 0.613. The van der Waals surface area contributed by atoms with E-state index in [4.69, 9.17) is 9.84 Å². The zero-order chi connectivity index (χ0) is 15.5. The van der Waals surface area contributed by atoms with Crippen LogP contribution in [0.4, 0.5) is 4.79 Å². The van der Waals surface area contributed by atoms with Crippen LogP contribution in [0.2, 0.25) is 0 Å². The van der Waals surface area contributed by atoms with Crippen LogP contribution in [-0.4, -0.2) is 42.3 Å². The number of carboxylic acids is 1.